The van der Waals surface area contributed by atoms with Crippen LogP contribution in [0.3, 0.4) is 0 Å². The summed E-state index contributed by atoms with van der Waals surface area (Å²) >= 11 is 6.04. The molecule has 3 aromatic carbocycles. The zero-order chi connectivity index (χ0) is 31.9. The van der Waals surface area contributed by atoms with Gasteiger partial charge in [-0.15, -0.1) is 0 Å². The van der Waals surface area contributed by atoms with E-state index in [1.54, 1.807) is 49.4 Å². The number of anilines is 2. The number of amides is 4. The number of rotatable bonds is 4. The van der Waals surface area contributed by atoms with Gasteiger partial charge in [0.1, 0.15) is 11.6 Å². The molecule has 8 nitrogen and oxygen atoms in total. The maximum Gasteiger partial charge on any atom is 0.241 e. The van der Waals surface area contributed by atoms with Crippen molar-refractivity contribution in [1.29, 1.82) is 0 Å². The predicted octanol–water partition coefficient (Wildman–Crippen LogP) is 5.82. The Morgan fingerprint density at radius 3 is 2.29 bits per heavy atom. The average molecular weight is 627 g/mol. The molecule has 2 aliphatic heterocycles. The highest BCUT2D eigenvalue weighted by Crippen LogP contribution is 2.63. The van der Waals surface area contributed by atoms with Crippen LogP contribution in [-0.2, 0) is 19.2 Å². The molecule has 228 valence electrons. The normalized spacial score (nSPS) is 29.0. The number of ketones is 1. The first kappa shape index (κ1) is 29.1. The van der Waals surface area contributed by atoms with E-state index >= 15 is 0 Å². The summed E-state index contributed by atoms with van der Waals surface area (Å²) in [5.41, 5.74) is 1.03. The third-order valence-electron chi connectivity index (χ3n) is 10.2. The Balaban J connectivity index is 1.34. The molecular weight excluding hydrogens is 599 g/mol. The SMILES string of the molecule is CC(=O)c1ccc(N2C(=O)[C@H]3[C@H](CC=C4[C@H]3C[C@H]3C(=O)N(c5ccc(F)c(Cl)c5)C(=O)[C@@]3(C)[C@H]4c3cccc(O)c3)C2=O)cc1. The van der Waals surface area contributed by atoms with Gasteiger partial charge >= 0.3 is 0 Å². The van der Waals surface area contributed by atoms with E-state index in [0.29, 0.717) is 16.8 Å². The maximum absolute atomic E-state index is 14.4. The van der Waals surface area contributed by atoms with Crippen molar-refractivity contribution in [2.45, 2.75) is 32.6 Å². The standard InChI is InChI=1S/C35H28ClFN2O6/c1-17(40)18-6-8-20(9-7-18)38-31(42)24-12-11-23-25(29(24)33(38)44)16-26-32(43)39(21-10-13-28(37)27(36)15-21)34(45)35(26,2)30(23)19-4-3-5-22(41)14-19/h3-11,13-15,24-26,29-30,41H,12,16H2,1-2H3/t24-,25+,26-,29-,30-,35+/m0/s1. The largest absolute Gasteiger partial charge is 0.508 e. The summed E-state index contributed by atoms with van der Waals surface area (Å²) in [5.74, 6) is -6.13. The predicted molar refractivity (Wildman–Crippen MR) is 163 cm³/mol. The Labute approximate surface area is 263 Å². The van der Waals surface area contributed by atoms with Crippen LogP contribution in [-0.4, -0.2) is 34.5 Å². The number of hydrogen-bond acceptors (Lipinski definition) is 6. The van der Waals surface area contributed by atoms with Crippen molar-refractivity contribution in [3.8, 4) is 5.75 Å². The Bertz CT molecular complexity index is 1870. The molecule has 2 aliphatic carbocycles. The maximum atomic E-state index is 14.4. The van der Waals surface area contributed by atoms with Crippen LogP contribution < -0.4 is 9.80 Å². The van der Waals surface area contributed by atoms with Crippen molar-refractivity contribution in [3.05, 3.63) is 100 Å². The third kappa shape index (κ3) is 4.13. The molecule has 0 unspecified atom stereocenters. The first-order chi connectivity index (χ1) is 21.4. The Morgan fingerprint density at radius 2 is 1.62 bits per heavy atom. The number of fused-ring (bicyclic) bond motifs is 4. The zero-order valence-electron chi connectivity index (χ0n) is 24.4. The highest BCUT2D eigenvalue weighted by molar-refractivity contribution is 6.32. The highest BCUT2D eigenvalue weighted by Gasteiger charge is 2.67. The fourth-order valence-electron chi connectivity index (χ4n) is 8.07. The number of phenols is 1. The molecule has 0 spiro atoms. The van der Waals surface area contributed by atoms with Crippen LogP contribution >= 0.6 is 11.6 Å². The van der Waals surface area contributed by atoms with Crippen LogP contribution in [0.5, 0.6) is 5.75 Å². The molecule has 6 atom stereocenters. The number of carbonyl (C=O) groups is 5. The van der Waals surface area contributed by atoms with Gasteiger partial charge in [-0.3, -0.25) is 28.9 Å². The lowest BCUT2D eigenvalue weighted by atomic mass is 9.51. The first-order valence-electron chi connectivity index (χ1n) is 14.7. The fraction of sp³-hybridized carbons (Fsp3) is 0.286. The molecule has 10 heteroatoms. The molecule has 2 heterocycles. The van der Waals surface area contributed by atoms with Crippen molar-refractivity contribution in [2.75, 3.05) is 9.80 Å². The van der Waals surface area contributed by atoms with Crippen LogP contribution in [0.4, 0.5) is 15.8 Å². The van der Waals surface area contributed by atoms with Crippen molar-refractivity contribution < 1.29 is 33.5 Å². The van der Waals surface area contributed by atoms with E-state index in [9.17, 15) is 33.5 Å². The molecule has 7 rings (SSSR count). The van der Waals surface area contributed by atoms with Crippen molar-refractivity contribution in [2.24, 2.45) is 29.1 Å². The van der Waals surface area contributed by atoms with Crippen molar-refractivity contribution in [3.63, 3.8) is 0 Å². The molecule has 0 aromatic heterocycles. The van der Waals surface area contributed by atoms with Gasteiger partial charge in [0.15, 0.2) is 5.78 Å². The molecule has 3 fully saturated rings. The van der Waals surface area contributed by atoms with Gasteiger partial charge < -0.3 is 5.11 Å². The lowest BCUT2D eigenvalue weighted by Crippen LogP contribution is -2.48. The lowest BCUT2D eigenvalue weighted by molar-refractivity contribution is -0.131. The summed E-state index contributed by atoms with van der Waals surface area (Å²) in [6, 6.07) is 16.5. The Morgan fingerprint density at radius 1 is 0.911 bits per heavy atom. The molecule has 1 N–H and O–H groups in total. The second-order valence-electron chi connectivity index (χ2n) is 12.5. The minimum Gasteiger partial charge on any atom is -0.508 e. The number of halogens is 2. The molecule has 1 saturated carbocycles. The molecular formula is C35H28ClFN2O6. The molecule has 3 aromatic rings. The second kappa shape index (κ2) is 10.2. The molecule has 0 bridgehead atoms. The number of Topliss-reactive ketones (excluding diaryl/α,β-unsaturated/α-hetero) is 1. The number of nitrogens with zero attached hydrogens (tertiary/aromatic N) is 2. The third-order valence-corrected chi connectivity index (χ3v) is 10.5. The van der Waals surface area contributed by atoms with Crippen LogP contribution in [0.2, 0.25) is 5.02 Å². The fourth-order valence-corrected chi connectivity index (χ4v) is 8.24. The van der Waals surface area contributed by atoms with Crippen LogP contribution in [0.1, 0.15) is 48.5 Å². The van der Waals surface area contributed by atoms with Gasteiger partial charge in [-0.05, 0) is 92.8 Å². The highest BCUT2D eigenvalue weighted by atomic mass is 35.5. The molecule has 2 saturated heterocycles. The number of phenolic OH excluding ortho intramolecular Hbond substituents is 1. The van der Waals surface area contributed by atoms with Gasteiger partial charge in [-0.2, -0.15) is 0 Å². The van der Waals surface area contributed by atoms with E-state index in [0.717, 1.165) is 16.5 Å². The molecule has 4 aliphatic rings. The molecule has 4 amide bonds. The van der Waals surface area contributed by atoms with E-state index in [4.69, 9.17) is 11.6 Å². The minimum absolute atomic E-state index is 0.0182. The van der Waals surface area contributed by atoms with Crippen LogP contribution in [0, 0.1) is 34.9 Å². The summed E-state index contributed by atoms with van der Waals surface area (Å²) in [6.07, 6.45) is 2.33. The van der Waals surface area contributed by atoms with Gasteiger partial charge in [0.05, 0.1) is 39.6 Å². The van der Waals surface area contributed by atoms with Gasteiger partial charge in [0.25, 0.3) is 0 Å². The van der Waals surface area contributed by atoms with Gasteiger partial charge in [0, 0.05) is 11.5 Å². The Hall–Kier alpha value is -4.63. The summed E-state index contributed by atoms with van der Waals surface area (Å²) in [7, 11) is 0. The van der Waals surface area contributed by atoms with Crippen LogP contribution in [0.15, 0.2) is 78.4 Å². The van der Waals surface area contributed by atoms with Gasteiger partial charge in [0.2, 0.25) is 23.6 Å². The number of imide groups is 2. The van der Waals surface area contributed by atoms with Crippen molar-refractivity contribution >= 4 is 52.4 Å². The summed E-state index contributed by atoms with van der Waals surface area (Å²) in [5, 5.41) is 10.2. The molecule has 0 radical (unpaired) electrons. The zero-order valence-corrected chi connectivity index (χ0v) is 25.1. The van der Waals surface area contributed by atoms with E-state index in [1.165, 1.54) is 30.0 Å². The minimum atomic E-state index is -1.31. The number of hydrogen-bond donors (Lipinski definition) is 1. The van der Waals surface area contributed by atoms with E-state index in [-0.39, 0.29) is 41.0 Å². The average Bonchev–Trinajstić information content (AvgIpc) is 3.38. The quantitative estimate of drug-likeness (QED) is 0.222. The second-order valence-corrected chi connectivity index (χ2v) is 12.9. The summed E-state index contributed by atoms with van der Waals surface area (Å²) in [6.45, 7) is 3.16. The number of allylic oxidation sites excluding steroid dienone is 2. The topological polar surface area (TPSA) is 112 Å². The van der Waals surface area contributed by atoms with Crippen molar-refractivity contribution in [1.82, 2.24) is 0 Å². The number of carbonyl (C=O) groups excluding carboxylic acids is 5. The van der Waals surface area contributed by atoms with E-state index in [1.807, 2.05) is 6.08 Å². The smallest absolute Gasteiger partial charge is 0.241 e. The van der Waals surface area contributed by atoms with E-state index in [2.05, 4.69) is 0 Å². The monoisotopic (exact) mass is 626 g/mol. The van der Waals surface area contributed by atoms with Crippen LogP contribution in [0.25, 0.3) is 0 Å². The van der Waals surface area contributed by atoms with Gasteiger partial charge in [-0.25, -0.2) is 9.29 Å². The summed E-state index contributed by atoms with van der Waals surface area (Å²) in [4.78, 5) is 70.5. The van der Waals surface area contributed by atoms with E-state index < -0.39 is 58.5 Å². The Kier molecular flexibility index (Phi) is 6.60. The summed E-state index contributed by atoms with van der Waals surface area (Å²) < 4.78 is 14.0. The molecule has 45 heavy (non-hydrogen) atoms. The van der Waals surface area contributed by atoms with Gasteiger partial charge in [-0.1, -0.05) is 35.4 Å². The first-order valence-corrected chi connectivity index (χ1v) is 15.1. The number of benzene rings is 3. The number of aromatic hydroxyl groups is 1. The lowest BCUT2D eigenvalue weighted by Gasteiger charge is -2.49.